The van der Waals surface area contributed by atoms with Crippen molar-refractivity contribution in [2.24, 2.45) is 0 Å². The van der Waals surface area contributed by atoms with Crippen LogP contribution >= 0.6 is 0 Å². The molecular formula is C21H23N3. The van der Waals surface area contributed by atoms with Gasteiger partial charge in [0.1, 0.15) is 0 Å². The van der Waals surface area contributed by atoms with Crippen molar-refractivity contribution in [1.29, 1.82) is 0 Å². The molecule has 1 aromatic carbocycles. The Morgan fingerprint density at radius 2 is 1.88 bits per heavy atom. The standard InChI is InChI=1S/C21H23N3/c1-7-19(13(2)3)20-10-17(8-14(4)16(20)6)18-11-22-21-9-15(5)23-24(21)12-18/h7-12H,2H2,1,3-6H3/b19-7-. The maximum absolute atomic E-state index is 4.53. The lowest BCUT2D eigenvalue weighted by Gasteiger charge is -2.15. The summed E-state index contributed by atoms with van der Waals surface area (Å²) in [5, 5.41) is 4.47. The molecule has 3 heteroatoms. The zero-order valence-electron chi connectivity index (χ0n) is 15.0. The molecule has 24 heavy (non-hydrogen) atoms. The molecule has 122 valence electrons. The van der Waals surface area contributed by atoms with E-state index >= 15 is 0 Å². The van der Waals surface area contributed by atoms with E-state index in [0.717, 1.165) is 28.0 Å². The number of hydrogen-bond acceptors (Lipinski definition) is 2. The van der Waals surface area contributed by atoms with E-state index in [2.05, 4.69) is 62.6 Å². The van der Waals surface area contributed by atoms with Crippen molar-refractivity contribution in [2.75, 3.05) is 0 Å². The first kappa shape index (κ1) is 16.2. The minimum absolute atomic E-state index is 0.872. The second-order valence-corrected chi connectivity index (χ2v) is 6.38. The molecule has 0 unspecified atom stereocenters. The molecule has 0 spiro atoms. The van der Waals surface area contributed by atoms with E-state index in [4.69, 9.17) is 0 Å². The van der Waals surface area contributed by atoms with Crippen LogP contribution in [0.15, 0.2) is 48.8 Å². The topological polar surface area (TPSA) is 30.2 Å². The Morgan fingerprint density at radius 1 is 1.12 bits per heavy atom. The molecule has 3 aromatic rings. The third-order valence-corrected chi connectivity index (χ3v) is 4.47. The van der Waals surface area contributed by atoms with Crippen LogP contribution in [0.25, 0.3) is 22.3 Å². The highest BCUT2D eigenvalue weighted by Gasteiger charge is 2.11. The van der Waals surface area contributed by atoms with Crippen molar-refractivity contribution in [3.8, 4) is 11.1 Å². The summed E-state index contributed by atoms with van der Waals surface area (Å²) in [4.78, 5) is 4.53. The van der Waals surface area contributed by atoms with Gasteiger partial charge in [0.15, 0.2) is 5.65 Å². The Bertz CT molecular complexity index is 974. The van der Waals surface area contributed by atoms with Crippen LogP contribution in [0, 0.1) is 20.8 Å². The Kier molecular flexibility index (Phi) is 4.10. The first-order chi connectivity index (χ1) is 11.4. The molecule has 2 aromatic heterocycles. The van der Waals surface area contributed by atoms with Crippen LogP contribution in [-0.4, -0.2) is 14.6 Å². The summed E-state index contributed by atoms with van der Waals surface area (Å²) in [5.41, 5.74) is 10.1. The number of hydrogen-bond donors (Lipinski definition) is 0. The largest absolute Gasteiger partial charge is 0.236 e. The van der Waals surface area contributed by atoms with Gasteiger partial charge in [-0.05, 0) is 68.5 Å². The average Bonchev–Trinajstić information content (AvgIpc) is 2.90. The van der Waals surface area contributed by atoms with E-state index in [1.807, 2.05) is 29.9 Å². The molecule has 0 atom stereocenters. The first-order valence-electron chi connectivity index (χ1n) is 8.17. The Morgan fingerprint density at radius 3 is 2.54 bits per heavy atom. The highest BCUT2D eigenvalue weighted by molar-refractivity contribution is 5.83. The Hall–Kier alpha value is -2.68. The predicted molar refractivity (Wildman–Crippen MR) is 101 cm³/mol. The van der Waals surface area contributed by atoms with Gasteiger partial charge in [-0.1, -0.05) is 24.3 Å². The van der Waals surface area contributed by atoms with Crippen LogP contribution in [0.1, 0.15) is 36.2 Å². The molecule has 0 N–H and O–H groups in total. The van der Waals surface area contributed by atoms with Gasteiger partial charge in [0, 0.05) is 24.0 Å². The molecule has 0 bridgehead atoms. The lowest BCUT2D eigenvalue weighted by atomic mass is 9.90. The molecule has 0 aliphatic rings. The van der Waals surface area contributed by atoms with Gasteiger partial charge >= 0.3 is 0 Å². The highest BCUT2D eigenvalue weighted by Crippen LogP contribution is 2.31. The molecule has 0 saturated heterocycles. The fraction of sp³-hybridized carbons (Fsp3) is 0.238. The maximum atomic E-state index is 4.53. The van der Waals surface area contributed by atoms with Crippen molar-refractivity contribution in [3.63, 3.8) is 0 Å². The summed E-state index contributed by atoms with van der Waals surface area (Å²) in [6.45, 7) is 14.5. The van der Waals surface area contributed by atoms with Crippen LogP contribution in [0.5, 0.6) is 0 Å². The Labute approximate surface area is 143 Å². The summed E-state index contributed by atoms with van der Waals surface area (Å²) in [6.07, 6.45) is 6.09. The van der Waals surface area contributed by atoms with E-state index in [9.17, 15) is 0 Å². The lowest BCUT2D eigenvalue weighted by Crippen LogP contribution is -1.97. The number of nitrogens with zero attached hydrogens (tertiary/aromatic N) is 3. The van der Waals surface area contributed by atoms with Crippen molar-refractivity contribution in [3.05, 3.63) is 71.2 Å². The summed E-state index contributed by atoms with van der Waals surface area (Å²) >= 11 is 0. The lowest BCUT2D eigenvalue weighted by molar-refractivity contribution is 0.919. The highest BCUT2D eigenvalue weighted by atomic mass is 15.2. The van der Waals surface area contributed by atoms with Crippen molar-refractivity contribution in [1.82, 2.24) is 14.6 Å². The number of fused-ring (bicyclic) bond motifs is 1. The summed E-state index contributed by atoms with van der Waals surface area (Å²) in [6, 6.07) is 6.42. The fourth-order valence-corrected chi connectivity index (χ4v) is 3.08. The van der Waals surface area contributed by atoms with E-state index in [-0.39, 0.29) is 0 Å². The second kappa shape index (κ2) is 6.08. The molecule has 2 heterocycles. The molecule has 0 aliphatic carbocycles. The van der Waals surface area contributed by atoms with Gasteiger partial charge in [-0.2, -0.15) is 5.10 Å². The quantitative estimate of drug-likeness (QED) is 0.613. The average molecular weight is 317 g/mol. The summed E-state index contributed by atoms with van der Waals surface area (Å²) < 4.78 is 1.84. The number of aromatic nitrogens is 3. The molecule has 0 fully saturated rings. The zero-order valence-corrected chi connectivity index (χ0v) is 15.0. The maximum Gasteiger partial charge on any atom is 0.155 e. The predicted octanol–water partition coefficient (Wildman–Crippen LogP) is 5.30. The molecule has 0 amide bonds. The van der Waals surface area contributed by atoms with Crippen molar-refractivity contribution in [2.45, 2.75) is 34.6 Å². The number of benzene rings is 1. The first-order valence-corrected chi connectivity index (χ1v) is 8.17. The molecule has 0 radical (unpaired) electrons. The van der Waals surface area contributed by atoms with Crippen LogP contribution in [0.3, 0.4) is 0 Å². The van der Waals surface area contributed by atoms with Gasteiger partial charge in [-0.25, -0.2) is 9.50 Å². The van der Waals surface area contributed by atoms with Crippen LogP contribution in [0.4, 0.5) is 0 Å². The van der Waals surface area contributed by atoms with Crippen LogP contribution < -0.4 is 0 Å². The molecule has 3 nitrogen and oxygen atoms in total. The van der Waals surface area contributed by atoms with E-state index in [0.29, 0.717) is 0 Å². The van der Waals surface area contributed by atoms with Gasteiger partial charge in [-0.3, -0.25) is 0 Å². The third kappa shape index (κ3) is 2.78. The van der Waals surface area contributed by atoms with E-state index in [1.165, 1.54) is 22.3 Å². The van der Waals surface area contributed by atoms with Crippen molar-refractivity contribution >= 4 is 11.2 Å². The van der Waals surface area contributed by atoms with Crippen molar-refractivity contribution < 1.29 is 0 Å². The van der Waals surface area contributed by atoms with Gasteiger partial charge in [0.25, 0.3) is 0 Å². The smallest absolute Gasteiger partial charge is 0.155 e. The second-order valence-electron chi connectivity index (χ2n) is 6.38. The monoisotopic (exact) mass is 317 g/mol. The van der Waals surface area contributed by atoms with Gasteiger partial charge in [-0.15, -0.1) is 0 Å². The molecule has 3 rings (SSSR count). The van der Waals surface area contributed by atoms with E-state index in [1.54, 1.807) is 0 Å². The minimum atomic E-state index is 0.872. The van der Waals surface area contributed by atoms with Gasteiger partial charge in [0.2, 0.25) is 0 Å². The number of aryl methyl sites for hydroxylation is 2. The summed E-state index contributed by atoms with van der Waals surface area (Å²) in [5.74, 6) is 0. The van der Waals surface area contributed by atoms with Gasteiger partial charge < -0.3 is 0 Å². The number of rotatable bonds is 3. The molecule has 0 saturated carbocycles. The normalized spacial score (nSPS) is 12.0. The number of allylic oxidation sites excluding steroid dienone is 3. The molecular weight excluding hydrogens is 294 g/mol. The third-order valence-electron chi connectivity index (χ3n) is 4.47. The SMILES string of the molecule is C=C(C)/C(=C/C)c1cc(-c2cnc3cc(C)nn3c2)cc(C)c1C. The molecule has 0 aliphatic heterocycles. The van der Waals surface area contributed by atoms with Gasteiger partial charge in [0.05, 0.1) is 5.69 Å². The summed E-state index contributed by atoms with van der Waals surface area (Å²) in [7, 11) is 0. The van der Waals surface area contributed by atoms with E-state index < -0.39 is 0 Å². The van der Waals surface area contributed by atoms with Crippen LogP contribution in [0.2, 0.25) is 0 Å². The van der Waals surface area contributed by atoms with Crippen LogP contribution in [-0.2, 0) is 0 Å². The minimum Gasteiger partial charge on any atom is -0.236 e. The zero-order chi connectivity index (χ0) is 17.4. The fourth-order valence-electron chi connectivity index (χ4n) is 3.08. The Balaban J connectivity index is 2.20.